The van der Waals surface area contributed by atoms with E-state index in [1.54, 1.807) is 0 Å². The van der Waals surface area contributed by atoms with Gasteiger partial charge in [-0.2, -0.15) is 5.10 Å². The van der Waals surface area contributed by atoms with Crippen LogP contribution in [0.4, 0.5) is 0 Å². The van der Waals surface area contributed by atoms with E-state index in [0.717, 1.165) is 13.1 Å². The normalized spacial score (nSPS) is 15.3. The molecule has 3 nitrogen and oxygen atoms in total. The molecule has 0 radical (unpaired) electrons. The van der Waals surface area contributed by atoms with Crippen molar-refractivity contribution in [2.75, 3.05) is 6.54 Å². The predicted molar refractivity (Wildman–Crippen MR) is 86.8 cm³/mol. The topological polar surface area (TPSA) is 29.9 Å². The van der Waals surface area contributed by atoms with Crippen molar-refractivity contribution in [1.82, 2.24) is 15.1 Å². The molecule has 1 N–H and O–H groups in total. The Morgan fingerprint density at radius 2 is 2.00 bits per heavy atom. The fraction of sp³-hybridized carbons (Fsp3) is 0.824. The Labute approximate surface area is 125 Å². The summed E-state index contributed by atoms with van der Waals surface area (Å²) < 4.78 is 2.02. The van der Waals surface area contributed by atoms with Gasteiger partial charge in [-0.25, -0.2) is 0 Å². The molecule has 0 amide bonds. The zero-order valence-corrected chi connectivity index (χ0v) is 14.2. The second-order valence-electron chi connectivity index (χ2n) is 7.24. The van der Waals surface area contributed by atoms with E-state index in [2.05, 4.69) is 58.2 Å². The van der Waals surface area contributed by atoms with Crippen molar-refractivity contribution in [2.45, 2.75) is 73.4 Å². The van der Waals surface area contributed by atoms with E-state index in [-0.39, 0.29) is 0 Å². The number of aryl methyl sites for hydroxylation is 1. The number of hydrogen-bond donors (Lipinski definition) is 1. The zero-order chi connectivity index (χ0) is 15.2. The van der Waals surface area contributed by atoms with Gasteiger partial charge in [0.1, 0.15) is 0 Å². The largest absolute Gasteiger partial charge is 0.310 e. The molecule has 0 aliphatic rings. The maximum absolute atomic E-state index is 4.42. The van der Waals surface area contributed by atoms with E-state index in [4.69, 9.17) is 0 Å². The summed E-state index contributed by atoms with van der Waals surface area (Å²) in [5.74, 6) is 0.717. The first-order valence-corrected chi connectivity index (χ1v) is 8.11. The summed E-state index contributed by atoms with van der Waals surface area (Å²) in [6, 6.07) is 0.438. The second kappa shape index (κ2) is 7.82. The Bertz CT molecular complexity index is 376. The second-order valence-corrected chi connectivity index (χ2v) is 7.24. The lowest BCUT2D eigenvalue weighted by atomic mass is 9.82. The number of rotatable bonds is 8. The van der Waals surface area contributed by atoms with Gasteiger partial charge in [-0.15, -0.1) is 0 Å². The highest BCUT2D eigenvalue weighted by Gasteiger charge is 2.20. The minimum atomic E-state index is 0.405. The summed E-state index contributed by atoms with van der Waals surface area (Å²) in [4.78, 5) is 0. The van der Waals surface area contributed by atoms with Crippen LogP contribution in [0, 0.1) is 11.3 Å². The van der Waals surface area contributed by atoms with Crippen LogP contribution >= 0.6 is 0 Å². The molecule has 2 atom stereocenters. The number of nitrogens with one attached hydrogen (secondary N) is 1. The maximum atomic E-state index is 4.42. The van der Waals surface area contributed by atoms with Crippen molar-refractivity contribution < 1.29 is 0 Å². The molecule has 116 valence electrons. The van der Waals surface area contributed by atoms with Gasteiger partial charge in [0, 0.05) is 24.3 Å². The minimum absolute atomic E-state index is 0.405. The van der Waals surface area contributed by atoms with Crippen molar-refractivity contribution in [3.8, 4) is 0 Å². The quantitative estimate of drug-likeness (QED) is 0.764. The molecule has 2 unspecified atom stereocenters. The molecule has 3 heteroatoms. The lowest BCUT2D eigenvalue weighted by Gasteiger charge is -2.27. The van der Waals surface area contributed by atoms with Gasteiger partial charge in [0.05, 0.1) is 6.20 Å². The van der Waals surface area contributed by atoms with E-state index < -0.39 is 0 Å². The lowest BCUT2D eigenvalue weighted by molar-refractivity contribution is 0.275. The fourth-order valence-corrected chi connectivity index (χ4v) is 2.92. The summed E-state index contributed by atoms with van der Waals surface area (Å²) in [6.45, 7) is 15.7. The molecule has 1 aromatic rings. The van der Waals surface area contributed by atoms with Crippen molar-refractivity contribution in [3.05, 3.63) is 18.0 Å². The first-order chi connectivity index (χ1) is 9.35. The van der Waals surface area contributed by atoms with Gasteiger partial charge in [0.25, 0.3) is 0 Å². The van der Waals surface area contributed by atoms with E-state index in [1.165, 1.54) is 24.8 Å². The molecule has 0 saturated heterocycles. The molecule has 1 rings (SSSR count). The molecule has 1 heterocycles. The summed E-state index contributed by atoms with van der Waals surface area (Å²) >= 11 is 0. The highest BCUT2D eigenvalue weighted by molar-refractivity contribution is 5.10. The highest BCUT2D eigenvalue weighted by atomic mass is 15.3. The van der Waals surface area contributed by atoms with E-state index in [9.17, 15) is 0 Å². The summed E-state index contributed by atoms with van der Waals surface area (Å²) in [5.41, 5.74) is 1.74. The van der Waals surface area contributed by atoms with Gasteiger partial charge < -0.3 is 5.32 Å². The van der Waals surface area contributed by atoms with E-state index in [1.807, 2.05) is 10.9 Å². The van der Waals surface area contributed by atoms with Gasteiger partial charge in [-0.05, 0) is 44.1 Å². The van der Waals surface area contributed by atoms with Gasteiger partial charge in [-0.3, -0.25) is 4.68 Å². The van der Waals surface area contributed by atoms with Crippen LogP contribution < -0.4 is 5.32 Å². The van der Waals surface area contributed by atoms with Crippen LogP contribution in [0.15, 0.2) is 12.4 Å². The number of nitrogens with zero attached hydrogens (tertiary/aromatic N) is 2. The first-order valence-electron chi connectivity index (χ1n) is 8.11. The Hall–Kier alpha value is -0.830. The maximum Gasteiger partial charge on any atom is 0.0537 e. The molecular formula is C17H33N3. The van der Waals surface area contributed by atoms with Crippen LogP contribution in [0.3, 0.4) is 0 Å². The highest BCUT2D eigenvalue weighted by Crippen LogP contribution is 2.30. The molecule has 0 aliphatic heterocycles. The molecule has 0 aromatic carbocycles. The standard InChI is InChI=1S/C17H33N3/c1-7-9-18-16(10-14(3)11-17(4,5)6)15-12-19-20(8-2)13-15/h12-14,16,18H,7-11H2,1-6H3. The Balaban J connectivity index is 2.68. The van der Waals surface area contributed by atoms with Crippen molar-refractivity contribution in [2.24, 2.45) is 11.3 Å². The van der Waals surface area contributed by atoms with E-state index in [0.29, 0.717) is 17.4 Å². The van der Waals surface area contributed by atoms with Gasteiger partial charge in [0.2, 0.25) is 0 Å². The lowest BCUT2D eigenvalue weighted by Crippen LogP contribution is -2.25. The number of hydrogen-bond acceptors (Lipinski definition) is 2. The van der Waals surface area contributed by atoms with Crippen molar-refractivity contribution >= 4 is 0 Å². The summed E-state index contributed by atoms with van der Waals surface area (Å²) in [6.07, 6.45) is 7.84. The molecule has 0 fully saturated rings. The molecule has 0 aliphatic carbocycles. The summed E-state index contributed by atoms with van der Waals surface area (Å²) in [5, 5.41) is 8.11. The Morgan fingerprint density at radius 3 is 2.50 bits per heavy atom. The zero-order valence-electron chi connectivity index (χ0n) is 14.2. The molecule has 20 heavy (non-hydrogen) atoms. The van der Waals surface area contributed by atoms with Crippen LogP contribution in [0.25, 0.3) is 0 Å². The molecule has 1 aromatic heterocycles. The fourth-order valence-electron chi connectivity index (χ4n) is 2.92. The summed E-state index contributed by atoms with van der Waals surface area (Å²) in [7, 11) is 0. The van der Waals surface area contributed by atoms with Gasteiger partial charge in [0.15, 0.2) is 0 Å². The van der Waals surface area contributed by atoms with Crippen LogP contribution in [0.1, 0.15) is 72.4 Å². The first kappa shape index (κ1) is 17.2. The molecule has 0 spiro atoms. The average Bonchev–Trinajstić information content (AvgIpc) is 2.80. The Kier molecular flexibility index (Phi) is 6.74. The van der Waals surface area contributed by atoms with Crippen molar-refractivity contribution in [3.63, 3.8) is 0 Å². The van der Waals surface area contributed by atoms with Gasteiger partial charge in [-0.1, -0.05) is 34.6 Å². The van der Waals surface area contributed by atoms with Gasteiger partial charge >= 0.3 is 0 Å². The average molecular weight is 279 g/mol. The third kappa shape index (κ3) is 6.08. The monoisotopic (exact) mass is 279 g/mol. The van der Waals surface area contributed by atoms with Crippen LogP contribution in [-0.2, 0) is 6.54 Å². The SMILES string of the molecule is CCCNC(CC(C)CC(C)(C)C)c1cnn(CC)c1. The third-order valence-electron chi connectivity index (χ3n) is 3.62. The molecule has 0 saturated carbocycles. The molecule has 0 bridgehead atoms. The van der Waals surface area contributed by atoms with Crippen molar-refractivity contribution in [1.29, 1.82) is 0 Å². The van der Waals surface area contributed by atoms with Crippen LogP contribution in [-0.4, -0.2) is 16.3 Å². The van der Waals surface area contributed by atoms with E-state index >= 15 is 0 Å². The minimum Gasteiger partial charge on any atom is -0.310 e. The predicted octanol–water partition coefficient (Wildman–Crippen LogP) is 4.41. The van der Waals surface area contributed by atoms with Crippen LogP contribution in [0.5, 0.6) is 0 Å². The van der Waals surface area contributed by atoms with Crippen LogP contribution in [0.2, 0.25) is 0 Å². The third-order valence-corrected chi connectivity index (χ3v) is 3.62. The smallest absolute Gasteiger partial charge is 0.0537 e. The Morgan fingerprint density at radius 1 is 1.30 bits per heavy atom. The number of aromatic nitrogens is 2. The molecular weight excluding hydrogens is 246 g/mol.